The molecule has 4 nitrogen and oxygen atoms in total. The molecule has 2 heterocycles. The van der Waals surface area contributed by atoms with Gasteiger partial charge in [0.25, 0.3) is 0 Å². The summed E-state index contributed by atoms with van der Waals surface area (Å²) in [5.41, 5.74) is 6.49. The van der Waals surface area contributed by atoms with Crippen LogP contribution in [0.2, 0.25) is 0 Å². The van der Waals surface area contributed by atoms with Gasteiger partial charge in [-0.2, -0.15) is 0 Å². The van der Waals surface area contributed by atoms with Crippen LogP contribution >= 0.6 is 12.4 Å². The second-order valence-electron chi connectivity index (χ2n) is 7.06. The number of piperidine rings is 1. The number of nitrogens with two attached hydrogens (primary N) is 1. The van der Waals surface area contributed by atoms with Crippen molar-refractivity contribution in [3.63, 3.8) is 0 Å². The summed E-state index contributed by atoms with van der Waals surface area (Å²) < 4.78 is 5.48. The smallest absolute Gasteiger partial charge is 0.225 e. The van der Waals surface area contributed by atoms with Crippen molar-refractivity contribution in [2.75, 3.05) is 26.3 Å². The number of rotatable bonds is 1. The maximum atomic E-state index is 12.6. The molecule has 1 spiro atoms. The first-order valence-electron chi connectivity index (χ1n) is 8.31. The number of amides is 1. The number of hydrogen-bond acceptors (Lipinski definition) is 3. The number of ether oxygens (including phenoxy) is 1. The van der Waals surface area contributed by atoms with E-state index in [0.29, 0.717) is 11.3 Å². The van der Waals surface area contributed by atoms with Gasteiger partial charge < -0.3 is 15.4 Å². The minimum atomic E-state index is 0. The van der Waals surface area contributed by atoms with Crippen LogP contribution in [0.3, 0.4) is 0 Å². The molecule has 0 bridgehead atoms. The molecule has 2 aliphatic heterocycles. The molecule has 21 heavy (non-hydrogen) atoms. The third-order valence-corrected chi connectivity index (χ3v) is 5.75. The first-order chi connectivity index (χ1) is 9.69. The van der Waals surface area contributed by atoms with Crippen molar-refractivity contribution in [1.29, 1.82) is 0 Å². The fourth-order valence-corrected chi connectivity index (χ4v) is 4.22. The van der Waals surface area contributed by atoms with Crippen molar-refractivity contribution in [3.05, 3.63) is 0 Å². The van der Waals surface area contributed by atoms with Crippen LogP contribution in [0.4, 0.5) is 0 Å². The maximum absolute atomic E-state index is 12.6. The van der Waals surface area contributed by atoms with Crippen LogP contribution in [0.1, 0.15) is 51.4 Å². The van der Waals surface area contributed by atoms with Gasteiger partial charge in [-0.15, -0.1) is 12.4 Å². The molecule has 3 aliphatic rings. The molecule has 0 aromatic carbocycles. The van der Waals surface area contributed by atoms with Gasteiger partial charge in [0.2, 0.25) is 5.91 Å². The Morgan fingerprint density at radius 3 is 2.38 bits per heavy atom. The van der Waals surface area contributed by atoms with Gasteiger partial charge in [0.05, 0.1) is 0 Å². The van der Waals surface area contributed by atoms with Crippen molar-refractivity contribution in [2.24, 2.45) is 17.1 Å². The summed E-state index contributed by atoms with van der Waals surface area (Å²) in [6, 6.07) is 0.240. The number of hydrogen-bond donors (Lipinski definition) is 1. The first-order valence-corrected chi connectivity index (χ1v) is 8.31. The van der Waals surface area contributed by atoms with E-state index in [1.807, 2.05) is 0 Å². The Morgan fingerprint density at radius 2 is 1.76 bits per heavy atom. The zero-order chi connectivity index (χ0) is 14.0. The molecule has 3 rings (SSSR count). The molecule has 0 aromatic heterocycles. The number of halogens is 1. The average Bonchev–Trinajstić information content (AvgIpc) is 2.48. The van der Waals surface area contributed by atoms with Gasteiger partial charge in [-0.1, -0.05) is 6.42 Å². The minimum Gasteiger partial charge on any atom is -0.381 e. The van der Waals surface area contributed by atoms with Gasteiger partial charge in [0, 0.05) is 38.3 Å². The highest BCUT2D eigenvalue weighted by Gasteiger charge is 2.38. The Balaban J connectivity index is 0.00000161. The molecule has 2 saturated heterocycles. The van der Waals surface area contributed by atoms with E-state index in [9.17, 15) is 4.79 Å². The predicted molar refractivity (Wildman–Crippen MR) is 85.5 cm³/mol. The SMILES string of the molecule is Cl.N[C@H]1CCC[C@@H](C(=O)N2CCC3(CCOCC3)CC2)C1. The Morgan fingerprint density at radius 1 is 1.10 bits per heavy atom. The summed E-state index contributed by atoms with van der Waals surface area (Å²) in [5.74, 6) is 0.574. The van der Waals surface area contributed by atoms with Crippen molar-refractivity contribution < 1.29 is 9.53 Å². The number of likely N-dealkylation sites (tertiary alicyclic amines) is 1. The van der Waals surface area contributed by atoms with E-state index in [-0.39, 0.29) is 24.4 Å². The highest BCUT2D eigenvalue weighted by Crippen LogP contribution is 2.41. The maximum Gasteiger partial charge on any atom is 0.225 e. The predicted octanol–water partition coefficient (Wildman–Crippen LogP) is 2.34. The lowest BCUT2D eigenvalue weighted by molar-refractivity contribution is -0.140. The fourth-order valence-electron chi connectivity index (χ4n) is 4.22. The van der Waals surface area contributed by atoms with E-state index in [4.69, 9.17) is 10.5 Å². The van der Waals surface area contributed by atoms with Crippen molar-refractivity contribution in [1.82, 2.24) is 4.90 Å². The van der Waals surface area contributed by atoms with Gasteiger partial charge in [-0.25, -0.2) is 0 Å². The first kappa shape index (κ1) is 17.0. The van der Waals surface area contributed by atoms with Crippen molar-refractivity contribution in [2.45, 2.75) is 57.4 Å². The molecular formula is C16H29ClN2O2. The normalized spacial score (nSPS) is 32.5. The third kappa shape index (κ3) is 3.91. The van der Waals surface area contributed by atoms with Gasteiger partial charge in [0.1, 0.15) is 0 Å². The lowest BCUT2D eigenvalue weighted by Gasteiger charge is -2.45. The van der Waals surface area contributed by atoms with Gasteiger partial charge in [-0.3, -0.25) is 4.79 Å². The molecule has 122 valence electrons. The Labute approximate surface area is 134 Å². The molecule has 1 saturated carbocycles. The zero-order valence-electron chi connectivity index (χ0n) is 12.9. The van der Waals surface area contributed by atoms with E-state index >= 15 is 0 Å². The Kier molecular flexibility index (Phi) is 5.92. The fraction of sp³-hybridized carbons (Fsp3) is 0.938. The van der Waals surface area contributed by atoms with Crippen LogP contribution in [0.5, 0.6) is 0 Å². The Hall–Kier alpha value is -0.320. The summed E-state index contributed by atoms with van der Waals surface area (Å²) in [7, 11) is 0. The molecule has 3 fully saturated rings. The molecule has 2 N–H and O–H groups in total. The van der Waals surface area contributed by atoms with E-state index < -0.39 is 0 Å². The molecular weight excluding hydrogens is 288 g/mol. The van der Waals surface area contributed by atoms with Gasteiger partial charge in [-0.05, 0) is 50.4 Å². The second-order valence-corrected chi connectivity index (χ2v) is 7.06. The van der Waals surface area contributed by atoms with E-state index in [0.717, 1.165) is 52.0 Å². The van der Waals surface area contributed by atoms with Crippen LogP contribution in [0, 0.1) is 11.3 Å². The van der Waals surface area contributed by atoms with Crippen LogP contribution in [-0.2, 0) is 9.53 Å². The lowest BCUT2D eigenvalue weighted by Crippen LogP contribution is -2.48. The largest absolute Gasteiger partial charge is 0.381 e. The number of carbonyl (C=O) groups is 1. The zero-order valence-corrected chi connectivity index (χ0v) is 13.7. The summed E-state index contributed by atoms with van der Waals surface area (Å²) in [6.07, 6.45) is 8.85. The van der Waals surface area contributed by atoms with Crippen LogP contribution in [-0.4, -0.2) is 43.2 Å². The van der Waals surface area contributed by atoms with Crippen LogP contribution < -0.4 is 5.73 Å². The minimum absolute atomic E-state index is 0. The average molecular weight is 317 g/mol. The third-order valence-electron chi connectivity index (χ3n) is 5.75. The molecule has 1 aliphatic carbocycles. The summed E-state index contributed by atoms with van der Waals surface area (Å²) >= 11 is 0. The van der Waals surface area contributed by atoms with Gasteiger partial charge >= 0.3 is 0 Å². The molecule has 1 amide bonds. The molecule has 5 heteroatoms. The highest BCUT2D eigenvalue weighted by molar-refractivity contribution is 5.85. The standard InChI is InChI=1S/C16H28N2O2.ClH/c17-14-3-1-2-13(12-14)15(19)18-8-4-16(5-9-18)6-10-20-11-7-16;/h13-14H,1-12,17H2;1H/t13-,14+;/m1./s1. The summed E-state index contributed by atoms with van der Waals surface area (Å²) in [6.45, 7) is 3.71. The second kappa shape index (κ2) is 7.30. The summed E-state index contributed by atoms with van der Waals surface area (Å²) in [4.78, 5) is 14.7. The summed E-state index contributed by atoms with van der Waals surface area (Å²) in [5, 5.41) is 0. The van der Waals surface area contributed by atoms with Crippen molar-refractivity contribution in [3.8, 4) is 0 Å². The lowest BCUT2D eigenvalue weighted by atomic mass is 9.72. The van der Waals surface area contributed by atoms with E-state index in [2.05, 4.69) is 4.90 Å². The molecule has 2 atom stereocenters. The van der Waals surface area contributed by atoms with E-state index in [1.165, 1.54) is 25.7 Å². The van der Waals surface area contributed by atoms with Crippen molar-refractivity contribution >= 4 is 18.3 Å². The Bertz CT molecular complexity index is 348. The van der Waals surface area contributed by atoms with Crippen LogP contribution in [0.25, 0.3) is 0 Å². The highest BCUT2D eigenvalue weighted by atomic mass is 35.5. The molecule has 0 aromatic rings. The van der Waals surface area contributed by atoms with Crippen LogP contribution in [0.15, 0.2) is 0 Å². The monoisotopic (exact) mass is 316 g/mol. The number of carbonyl (C=O) groups excluding carboxylic acids is 1. The quantitative estimate of drug-likeness (QED) is 0.808. The molecule has 0 radical (unpaired) electrons. The topological polar surface area (TPSA) is 55.6 Å². The van der Waals surface area contributed by atoms with E-state index in [1.54, 1.807) is 0 Å². The molecule has 0 unspecified atom stereocenters. The van der Waals surface area contributed by atoms with Gasteiger partial charge in [0.15, 0.2) is 0 Å². The number of nitrogens with zero attached hydrogens (tertiary/aromatic N) is 1.